The van der Waals surface area contributed by atoms with Crippen LogP contribution in [0.1, 0.15) is 0 Å². The maximum Gasteiger partial charge on any atom is 0.168 e. The molecule has 0 radical (unpaired) electrons. The lowest BCUT2D eigenvalue weighted by Crippen LogP contribution is -2.23. The van der Waals surface area contributed by atoms with Crippen molar-refractivity contribution in [3.8, 4) is 0 Å². The number of rotatable bonds is 0. The van der Waals surface area contributed by atoms with Gasteiger partial charge in [-0.05, 0) is 12.1 Å². The molecule has 0 fully saturated rings. The Bertz CT molecular complexity index is 277. The Hall–Kier alpha value is -1.18. The van der Waals surface area contributed by atoms with Gasteiger partial charge in [0.15, 0.2) is 5.42 Å². The maximum absolute atomic E-state index is 5.04. The van der Waals surface area contributed by atoms with E-state index in [1.807, 2.05) is 12.1 Å². The van der Waals surface area contributed by atoms with Gasteiger partial charge in [0, 0.05) is 5.22 Å². The molecule has 0 atom stereocenters. The molecule has 0 saturated carbocycles. The first-order valence-corrected chi connectivity index (χ1v) is 2.82. The Kier molecular flexibility index (Phi) is 0.859. The zero-order valence-electron chi connectivity index (χ0n) is 4.83. The van der Waals surface area contributed by atoms with Gasteiger partial charge >= 0.3 is 0 Å². The van der Waals surface area contributed by atoms with E-state index in [9.17, 15) is 0 Å². The van der Waals surface area contributed by atoms with Gasteiger partial charge in [0.1, 0.15) is 12.9 Å². The summed E-state index contributed by atoms with van der Waals surface area (Å²) in [5.74, 6) is 0. The molecule has 1 aromatic heterocycles. The minimum absolute atomic E-state index is 0.659. The smallest absolute Gasteiger partial charge is 0.168 e. The van der Waals surface area contributed by atoms with Crippen molar-refractivity contribution >= 4 is 12.3 Å². The van der Waals surface area contributed by atoms with Gasteiger partial charge in [0.25, 0.3) is 0 Å². The SMILES string of the molecule is C1=c2ccoc2=COC1. The molecule has 2 rings (SSSR count). The van der Waals surface area contributed by atoms with Crippen LogP contribution in [0.25, 0.3) is 12.3 Å². The standard InChI is InChI=1S/C7H6O2/c1-3-8-5-7-6(1)2-4-9-7/h1-2,4-5H,3H2. The van der Waals surface area contributed by atoms with Crippen molar-refractivity contribution in [1.82, 2.24) is 0 Å². The van der Waals surface area contributed by atoms with Crippen LogP contribution in [0.5, 0.6) is 0 Å². The second-order valence-electron chi connectivity index (χ2n) is 1.90. The van der Waals surface area contributed by atoms with Crippen molar-refractivity contribution in [1.29, 1.82) is 0 Å². The molecule has 2 heteroatoms. The average Bonchev–Trinajstić information content (AvgIpc) is 2.33. The molecule has 0 bridgehead atoms. The summed E-state index contributed by atoms with van der Waals surface area (Å²) >= 11 is 0. The number of ether oxygens (including phenoxy) is 1. The van der Waals surface area contributed by atoms with E-state index in [-0.39, 0.29) is 0 Å². The first-order valence-electron chi connectivity index (χ1n) is 2.82. The lowest BCUT2D eigenvalue weighted by molar-refractivity contribution is 0.334. The minimum atomic E-state index is 0.659. The quantitative estimate of drug-likeness (QED) is 0.476. The second kappa shape index (κ2) is 1.65. The van der Waals surface area contributed by atoms with Gasteiger partial charge in [-0.25, -0.2) is 0 Å². The predicted octanol–water partition coefficient (Wildman–Crippen LogP) is -0.172. The van der Waals surface area contributed by atoms with Crippen molar-refractivity contribution in [2.75, 3.05) is 6.61 Å². The van der Waals surface area contributed by atoms with Crippen LogP contribution in [0.15, 0.2) is 16.7 Å². The Balaban J connectivity index is 2.89. The Morgan fingerprint density at radius 2 is 2.44 bits per heavy atom. The van der Waals surface area contributed by atoms with Gasteiger partial charge in [-0.1, -0.05) is 0 Å². The summed E-state index contributed by atoms with van der Waals surface area (Å²) in [5.41, 5.74) is 0.821. The van der Waals surface area contributed by atoms with Crippen molar-refractivity contribution < 1.29 is 9.15 Å². The van der Waals surface area contributed by atoms with E-state index in [4.69, 9.17) is 9.15 Å². The zero-order valence-corrected chi connectivity index (χ0v) is 4.83. The monoisotopic (exact) mass is 122 g/mol. The van der Waals surface area contributed by atoms with Crippen LogP contribution in [-0.2, 0) is 4.74 Å². The van der Waals surface area contributed by atoms with E-state index in [0.29, 0.717) is 6.61 Å². The highest BCUT2D eigenvalue weighted by Crippen LogP contribution is 1.82. The highest BCUT2D eigenvalue weighted by atomic mass is 16.5. The van der Waals surface area contributed by atoms with E-state index in [0.717, 1.165) is 10.6 Å². The fourth-order valence-corrected chi connectivity index (χ4v) is 0.857. The summed E-state index contributed by atoms with van der Waals surface area (Å²) in [4.78, 5) is 0. The van der Waals surface area contributed by atoms with Crippen molar-refractivity contribution in [2.24, 2.45) is 0 Å². The number of hydrogen-bond donors (Lipinski definition) is 0. The normalized spacial score (nSPS) is 14.7. The highest BCUT2D eigenvalue weighted by Gasteiger charge is 1.92. The van der Waals surface area contributed by atoms with Crippen LogP contribution >= 0.6 is 0 Å². The molecule has 2 heterocycles. The Labute approximate surface area is 52.0 Å². The first-order chi connectivity index (χ1) is 4.47. The third-order valence-corrected chi connectivity index (χ3v) is 1.32. The van der Waals surface area contributed by atoms with Gasteiger partial charge in [-0.3, -0.25) is 0 Å². The summed E-state index contributed by atoms with van der Waals surface area (Å²) in [7, 11) is 0. The van der Waals surface area contributed by atoms with E-state index >= 15 is 0 Å². The van der Waals surface area contributed by atoms with Crippen LogP contribution in [0, 0.1) is 0 Å². The van der Waals surface area contributed by atoms with E-state index in [1.54, 1.807) is 12.5 Å². The van der Waals surface area contributed by atoms with Crippen molar-refractivity contribution in [3.05, 3.63) is 23.0 Å². The lowest BCUT2D eigenvalue weighted by atomic mass is 10.4. The summed E-state index contributed by atoms with van der Waals surface area (Å²) in [6.07, 6.45) is 5.28. The first kappa shape index (κ1) is 4.68. The number of furan rings is 1. The van der Waals surface area contributed by atoms with E-state index in [1.165, 1.54) is 0 Å². The molecule has 1 aromatic rings. The predicted molar refractivity (Wildman–Crippen MR) is 32.8 cm³/mol. The topological polar surface area (TPSA) is 22.4 Å². The molecule has 0 spiro atoms. The molecule has 0 N–H and O–H groups in total. The molecule has 9 heavy (non-hydrogen) atoms. The Morgan fingerprint density at radius 3 is 3.33 bits per heavy atom. The zero-order chi connectivity index (χ0) is 6.10. The van der Waals surface area contributed by atoms with Crippen molar-refractivity contribution in [3.63, 3.8) is 0 Å². The molecule has 0 aliphatic carbocycles. The molecule has 1 aliphatic rings. The largest absolute Gasteiger partial charge is 0.493 e. The fourth-order valence-electron chi connectivity index (χ4n) is 0.857. The van der Waals surface area contributed by atoms with Crippen LogP contribution in [-0.4, -0.2) is 6.61 Å². The van der Waals surface area contributed by atoms with Crippen LogP contribution in [0.2, 0.25) is 0 Å². The number of fused-ring (bicyclic) bond motifs is 1. The third kappa shape index (κ3) is 0.633. The summed E-state index contributed by atoms with van der Waals surface area (Å²) < 4.78 is 10.0. The van der Waals surface area contributed by atoms with Gasteiger partial charge in [-0.2, -0.15) is 0 Å². The van der Waals surface area contributed by atoms with Crippen LogP contribution < -0.4 is 10.6 Å². The van der Waals surface area contributed by atoms with Gasteiger partial charge in [0.2, 0.25) is 0 Å². The fraction of sp³-hybridized carbons (Fsp3) is 0.143. The lowest BCUT2D eigenvalue weighted by Gasteiger charge is -1.95. The molecular weight excluding hydrogens is 116 g/mol. The maximum atomic E-state index is 5.04. The molecule has 46 valence electrons. The second-order valence-corrected chi connectivity index (χ2v) is 1.90. The van der Waals surface area contributed by atoms with Gasteiger partial charge in [0.05, 0.1) is 6.26 Å². The van der Waals surface area contributed by atoms with E-state index in [2.05, 4.69) is 0 Å². The molecule has 0 aromatic carbocycles. The highest BCUT2D eigenvalue weighted by molar-refractivity contribution is 5.29. The van der Waals surface area contributed by atoms with E-state index < -0.39 is 0 Å². The number of hydrogen-bond acceptors (Lipinski definition) is 2. The van der Waals surface area contributed by atoms with Gasteiger partial charge in [-0.15, -0.1) is 0 Å². The third-order valence-electron chi connectivity index (χ3n) is 1.32. The molecular formula is C7H6O2. The summed E-state index contributed by atoms with van der Waals surface area (Å²) in [6.45, 7) is 0.659. The molecule has 0 unspecified atom stereocenters. The summed E-state index contributed by atoms with van der Waals surface area (Å²) in [5, 5.41) is 1.13. The molecule has 0 saturated heterocycles. The van der Waals surface area contributed by atoms with Gasteiger partial charge < -0.3 is 9.15 Å². The van der Waals surface area contributed by atoms with Crippen LogP contribution in [0.3, 0.4) is 0 Å². The average molecular weight is 122 g/mol. The molecule has 1 aliphatic heterocycles. The van der Waals surface area contributed by atoms with Crippen molar-refractivity contribution in [2.45, 2.75) is 0 Å². The van der Waals surface area contributed by atoms with Crippen LogP contribution in [0.4, 0.5) is 0 Å². The minimum Gasteiger partial charge on any atom is -0.493 e. The molecule has 0 amide bonds. The summed E-state index contributed by atoms with van der Waals surface area (Å²) in [6, 6.07) is 1.92. The molecule has 2 nitrogen and oxygen atoms in total. The Morgan fingerprint density at radius 1 is 1.44 bits per heavy atom.